The van der Waals surface area contributed by atoms with Crippen LogP contribution in [0.25, 0.3) is 0 Å². The highest BCUT2D eigenvalue weighted by atomic mass is 16.3. The zero-order chi connectivity index (χ0) is 40.7. The number of rotatable bonds is 45. The van der Waals surface area contributed by atoms with E-state index >= 15 is 0 Å². The number of unbranched alkanes of at least 4 members (excludes halogenated alkanes) is 32. The maximum atomic E-state index is 12.4. The molecule has 0 aliphatic rings. The molecule has 0 spiro atoms. The summed E-state index contributed by atoms with van der Waals surface area (Å²) in [6, 6.07) is -0.650. The number of hydrogen-bond donors (Lipinski definition) is 3. The van der Waals surface area contributed by atoms with Crippen molar-refractivity contribution < 1.29 is 15.0 Å². The summed E-state index contributed by atoms with van der Waals surface area (Å²) in [7, 11) is 0. The van der Waals surface area contributed by atoms with Crippen molar-refractivity contribution >= 4 is 5.91 Å². The fourth-order valence-electron chi connectivity index (χ4n) is 7.44. The summed E-state index contributed by atoms with van der Waals surface area (Å²) in [4.78, 5) is 12.4. The summed E-state index contributed by atoms with van der Waals surface area (Å²) in [6.45, 7) is 4.28. The molecule has 56 heavy (non-hydrogen) atoms. The number of amides is 1. The van der Waals surface area contributed by atoms with Crippen LogP contribution in [0.4, 0.5) is 0 Å². The third-order valence-electron chi connectivity index (χ3n) is 11.3. The molecule has 2 unspecified atom stereocenters. The van der Waals surface area contributed by atoms with Crippen LogP contribution in [0.2, 0.25) is 0 Å². The molecule has 0 aromatic rings. The zero-order valence-corrected chi connectivity index (χ0v) is 37.7. The molecule has 328 valence electrons. The van der Waals surface area contributed by atoms with Crippen LogP contribution in [-0.2, 0) is 4.79 Å². The molecule has 0 aliphatic heterocycles. The molecule has 0 bridgehead atoms. The van der Waals surface area contributed by atoms with Crippen molar-refractivity contribution in [2.75, 3.05) is 6.61 Å². The van der Waals surface area contributed by atoms with E-state index in [0.717, 1.165) is 51.4 Å². The Balaban J connectivity index is 3.55. The number of nitrogens with one attached hydrogen (secondary N) is 1. The molecule has 4 heteroatoms. The lowest BCUT2D eigenvalue weighted by molar-refractivity contribution is -0.123. The first-order valence-electron chi connectivity index (χ1n) is 24.9. The highest BCUT2D eigenvalue weighted by molar-refractivity contribution is 5.76. The van der Waals surface area contributed by atoms with Crippen LogP contribution < -0.4 is 5.32 Å². The summed E-state index contributed by atoms with van der Waals surface area (Å²) in [6.07, 6.45) is 65.4. The molecule has 2 atom stereocenters. The molecule has 0 fully saturated rings. The van der Waals surface area contributed by atoms with Crippen LogP contribution in [-0.4, -0.2) is 34.9 Å². The minimum atomic E-state index is -0.874. The zero-order valence-electron chi connectivity index (χ0n) is 37.7. The smallest absolute Gasteiger partial charge is 0.220 e. The summed E-state index contributed by atoms with van der Waals surface area (Å²) in [5.74, 6) is -0.0876. The van der Waals surface area contributed by atoms with E-state index in [9.17, 15) is 15.0 Å². The standard InChI is InChI=1S/C52H97NO3/c1-3-5-7-9-11-13-15-17-18-19-20-21-22-23-24-25-26-27-28-29-30-31-32-33-34-36-37-39-41-43-45-47-51(55)50(49-54)53-52(56)48-46-44-42-40-38-35-16-14-12-10-8-6-4-2/h14,16,32-33,37,39,45,47,50-51,54-55H,3-13,15,17-31,34-36,38,40-44,46,48-49H2,1-2H3,(H,53,56)/b16-14-,33-32+,39-37+,47-45+. The van der Waals surface area contributed by atoms with Crippen molar-refractivity contribution in [3.63, 3.8) is 0 Å². The van der Waals surface area contributed by atoms with E-state index in [1.807, 2.05) is 6.08 Å². The fourth-order valence-corrected chi connectivity index (χ4v) is 7.44. The van der Waals surface area contributed by atoms with E-state index in [1.165, 1.54) is 186 Å². The van der Waals surface area contributed by atoms with Crippen molar-refractivity contribution in [2.45, 2.75) is 270 Å². The maximum absolute atomic E-state index is 12.4. The van der Waals surface area contributed by atoms with Gasteiger partial charge in [0.05, 0.1) is 18.8 Å². The lowest BCUT2D eigenvalue weighted by Gasteiger charge is -2.19. The highest BCUT2D eigenvalue weighted by Gasteiger charge is 2.17. The molecular weight excluding hydrogens is 687 g/mol. The molecule has 0 heterocycles. The molecule has 1 amide bonds. The van der Waals surface area contributed by atoms with Crippen LogP contribution >= 0.6 is 0 Å². The molecule has 0 aromatic heterocycles. The van der Waals surface area contributed by atoms with Gasteiger partial charge in [-0.15, -0.1) is 0 Å². The molecule has 0 radical (unpaired) electrons. The van der Waals surface area contributed by atoms with Crippen molar-refractivity contribution in [3.8, 4) is 0 Å². The van der Waals surface area contributed by atoms with Gasteiger partial charge in [0.25, 0.3) is 0 Å². The second-order valence-corrected chi connectivity index (χ2v) is 16.9. The highest BCUT2D eigenvalue weighted by Crippen LogP contribution is 2.16. The minimum Gasteiger partial charge on any atom is -0.394 e. The molecular formula is C52H97NO3. The van der Waals surface area contributed by atoms with E-state index < -0.39 is 12.1 Å². The normalized spacial score (nSPS) is 13.3. The Bertz CT molecular complexity index is 893. The monoisotopic (exact) mass is 784 g/mol. The van der Waals surface area contributed by atoms with Crippen LogP contribution in [0.5, 0.6) is 0 Å². The Morgan fingerprint density at radius 3 is 1.05 bits per heavy atom. The summed E-state index contributed by atoms with van der Waals surface area (Å²) in [5, 5.41) is 23.0. The molecule has 0 saturated heterocycles. The van der Waals surface area contributed by atoms with Gasteiger partial charge in [0, 0.05) is 6.42 Å². The van der Waals surface area contributed by atoms with Gasteiger partial charge in [-0.05, 0) is 70.6 Å². The van der Waals surface area contributed by atoms with Crippen LogP contribution in [0.1, 0.15) is 258 Å². The SMILES string of the molecule is CCCCCC/C=C\CCCCCCCC(=O)NC(CO)C(O)/C=C/CC/C=C/CC/C=C/CCCCCCCCCCCCCCCCCCCCCCC. The van der Waals surface area contributed by atoms with Gasteiger partial charge in [-0.3, -0.25) is 4.79 Å². The van der Waals surface area contributed by atoms with Crippen LogP contribution in [0.3, 0.4) is 0 Å². The van der Waals surface area contributed by atoms with Gasteiger partial charge < -0.3 is 15.5 Å². The van der Waals surface area contributed by atoms with E-state index in [-0.39, 0.29) is 12.5 Å². The van der Waals surface area contributed by atoms with Gasteiger partial charge in [0.15, 0.2) is 0 Å². The lowest BCUT2D eigenvalue weighted by atomic mass is 10.0. The Kier molecular flexibility index (Phi) is 46.3. The maximum Gasteiger partial charge on any atom is 0.220 e. The average molecular weight is 784 g/mol. The second-order valence-electron chi connectivity index (χ2n) is 16.9. The van der Waals surface area contributed by atoms with Gasteiger partial charge in [0.1, 0.15) is 0 Å². The Hall–Kier alpha value is -1.65. The minimum absolute atomic E-state index is 0.0876. The summed E-state index contributed by atoms with van der Waals surface area (Å²) < 4.78 is 0. The van der Waals surface area contributed by atoms with Gasteiger partial charge in [0.2, 0.25) is 5.91 Å². The van der Waals surface area contributed by atoms with E-state index in [4.69, 9.17) is 0 Å². The third kappa shape index (κ3) is 43.5. The van der Waals surface area contributed by atoms with Crippen LogP contribution in [0.15, 0.2) is 48.6 Å². The van der Waals surface area contributed by atoms with Crippen molar-refractivity contribution in [1.29, 1.82) is 0 Å². The van der Waals surface area contributed by atoms with Gasteiger partial charge in [-0.1, -0.05) is 229 Å². The van der Waals surface area contributed by atoms with Crippen molar-refractivity contribution in [1.82, 2.24) is 5.32 Å². The molecule has 0 rings (SSSR count). The predicted octanol–water partition coefficient (Wildman–Crippen LogP) is 15.9. The molecule has 0 aromatic carbocycles. The van der Waals surface area contributed by atoms with Crippen LogP contribution in [0, 0.1) is 0 Å². The topological polar surface area (TPSA) is 69.6 Å². The first-order valence-corrected chi connectivity index (χ1v) is 24.9. The Labute approximate surface area is 350 Å². The first kappa shape index (κ1) is 54.3. The number of allylic oxidation sites excluding steroid dienone is 7. The Morgan fingerprint density at radius 1 is 0.411 bits per heavy atom. The lowest BCUT2D eigenvalue weighted by Crippen LogP contribution is -2.45. The quantitative estimate of drug-likeness (QED) is 0.0425. The number of aliphatic hydroxyl groups excluding tert-OH is 2. The molecule has 3 N–H and O–H groups in total. The van der Waals surface area contributed by atoms with E-state index in [0.29, 0.717) is 6.42 Å². The van der Waals surface area contributed by atoms with Crippen molar-refractivity contribution in [3.05, 3.63) is 48.6 Å². The van der Waals surface area contributed by atoms with Gasteiger partial charge in [-0.25, -0.2) is 0 Å². The number of carbonyl (C=O) groups excluding carboxylic acids is 1. The Morgan fingerprint density at radius 2 is 0.696 bits per heavy atom. The number of hydrogen-bond acceptors (Lipinski definition) is 3. The molecule has 0 saturated carbocycles. The second kappa shape index (κ2) is 47.7. The van der Waals surface area contributed by atoms with Crippen molar-refractivity contribution in [2.24, 2.45) is 0 Å². The first-order chi connectivity index (χ1) is 27.7. The van der Waals surface area contributed by atoms with E-state index in [1.54, 1.807) is 6.08 Å². The van der Waals surface area contributed by atoms with E-state index in [2.05, 4.69) is 55.6 Å². The molecule has 4 nitrogen and oxygen atoms in total. The number of aliphatic hydroxyl groups is 2. The fraction of sp³-hybridized carbons (Fsp3) is 0.827. The largest absolute Gasteiger partial charge is 0.394 e. The third-order valence-corrected chi connectivity index (χ3v) is 11.3. The molecule has 0 aliphatic carbocycles. The summed E-state index contributed by atoms with van der Waals surface area (Å²) in [5.41, 5.74) is 0. The summed E-state index contributed by atoms with van der Waals surface area (Å²) >= 11 is 0. The number of carbonyl (C=O) groups is 1. The average Bonchev–Trinajstić information content (AvgIpc) is 3.20. The van der Waals surface area contributed by atoms with Gasteiger partial charge in [-0.2, -0.15) is 0 Å². The predicted molar refractivity (Wildman–Crippen MR) is 248 cm³/mol. The van der Waals surface area contributed by atoms with Gasteiger partial charge >= 0.3 is 0 Å².